The van der Waals surface area contributed by atoms with Crippen molar-refractivity contribution >= 4 is 11.7 Å². The van der Waals surface area contributed by atoms with Crippen LogP contribution in [0.4, 0.5) is 0 Å². The first-order chi connectivity index (χ1) is 12.7. The highest BCUT2D eigenvalue weighted by Crippen LogP contribution is 2.36. The van der Waals surface area contributed by atoms with E-state index in [1.807, 2.05) is 38.1 Å². The second-order valence-corrected chi connectivity index (χ2v) is 7.69. The summed E-state index contributed by atoms with van der Waals surface area (Å²) < 4.78 is 10.8. The number of carbonyl (C=O) groups is 2. The number of allylic oxidation sites excluding steroid dienone is 2. The molecule has 0 radical (unpaired) electrons. The van der Waals surface area contributed by atoms with Gasteiger partial charge in [0, 0.05) is 6.42 Å². The summed E-state index contributed by atoms with van der Waals surface area (Å²) in [7, 11) is 3.04. The molecule has 1 aliphatic rings. The Labute approximate surface area is 161 Å². The van der Waals surface area contributed by atoms with Crippen LogP contribution in [0, 0.1) is 5.41 Å². The summed E-state index contributed by atoms with van der Waals surface area (Å²) in [5.41, 5.74) is 1.72. The lowest BCUT2D eigenvalue weighted by Gasteiger charge is -2.31. The van der Waals surface area contributed by atoms with Gasteiger partial charge in [-0.15, -0.1) is 0 Å². The zero-order valence-corrected chi connectivity index (χ0v) is 17.0. The summed E-state index contributed by atoms with van der Waals surface area (Å²) in [6.45, 7) is 7.61. The highest BCUT2D eigenvalue weighted by atomic mass is 16.7. The molecule has 1 aromatic rings. The molecule has 148 valence electrons. The molecule has 0 saturated carbocycles. The predicted molar refractivity (Wildman–Crippen MR) is 102 cm³/mol. The zero-order chi connectivity index (χ0) is 20.2. The third kappa shape index (κ3) is 5.10. The summed E-state index contributed by atoms with van der Waals surface area (Å²) in [5.74, 6) is 0.657. The first-order valence-electron chi connectivity index (χ1n) is 9.04. The van der Waals surface area contributed by atoms with Crippen molar-refractivity contribution in [3.8, 4) is 5.75 Å². The molecular weight excluding hydrogens is 346 g/mol. The predicted octanol–water partition coefficient (Wildman–Crippen LogP) is 3.83. The molecular formula is C21H29NO5. The molecule has 0 bridgehead atoms. The van der Waals surface area contributed by atoms with Gasteiger partial charge in [-0.1, -0.05) is 26.0 Å². The number of ether oxygens (including phenoxy) is 2. The van der Waals surface area contributed by atoms with Gasteiger partial charge in [-0.25, -0.2) is 5.06 Å². The molecule has 1 atom stereocenters. The third-order valence-corrected chi connectivity index (χ3v) is 4.76. The monoisotopic (exact) mass is 375 g/mol. The molecule has 6 heteroatoms. The second-order valence-electron chi connectivity index (χ2n) is 7.69. The number of amides is 1. The quantitative estimate of drug-likeness (QED) is 0.678. The fourth-order valence-corrected chi connectivity index (χ4v) is 3.51. The number of methoxy groups -OCH3 is 1. The molecule has 0 aromatic heterocycles. The van der Waals surface area contributed by atoms with Crippen molar-refractivity contribution in [1.29, 1.82) is 0 Å². The van der Waals surface area contributed by atoms with E-state index in [-0.39, 0.29) is 29.8 Å². The lowest BCUT2D eigenvalue weighted by atomic mass is 9.76. The lowest BCUT2D eigenvalue weighted by molar-refractivity contribution is -0.191. The lowest BCUT2D eigenvalue weighted by Crippen LogP contribution is -2.36. The van der Waals surface area contributed by atoms with Crippen LogP contribution in [0.2, 0.25) is 0 Å². The Bertz CT molecular complexity index is 721. The van der Waals surface area contributed by atoms with E-state index in [0.29, 0.717) is 12.2 Å². The number of nitrogens with zero attached hydrogens (tertiary/aromatic N) is 1. The second kappa shape index (κ2) is 8.57. The van der Waals surface area contributed by atoms with Crippen molar-refractivity contribution in [2.75, 3.05) is 20.8 Å². The summed E-state index contributed by atoms with van der Waals surface area (Å²) in [5, 5.41) is 1.26. The van der Waals surface area contributed by atoms with Crippen molar-refractivity contribution in [3.05, 3.63) is 41.2 Å². The fraction of sp³-hybridized carbons (Fsp3) is 0.524. The van der Waals surface area contributed by atoms with Crippen LogP contribution in [0.25, 0.3) is 0 Å². The third-order valence-electron chi connectivity index (χ3n) is 4.76. The molecule has 1 aromatic carbocycles. The van der Waals surface area contributed by atoms with Gasteiger partial charge >= 0.3 is 0 Å². The van der Waals surface area contributed by atoms with Crippen LogP contribution in [0.5, 0.6) is 5.75 Å². The maximum atomic E-state index is 12.6. The first kappa shape index (κ1) is 21.0. The van der Waals surface area contributed by atoms with Crippen LogP contribution in [0.3, 0.4) is 0 Å². The smallest absolute Gasteiger partial charge is 0.284 e. The largest absolute Gasteiger partial charge is 0.497 e. The molecule has 1 amide bonds. The highest BCUT2D eigenvalue weighted by Gasteiger charge is 2.33. The molecule has 1 unspecified atom stereocenters. The summed E-state index contributed by atoms with van der Waals surface area (Å²) in [6.07, 6.45) is 1.20. The van der Waals surface area contributed by atoms with Gasteiger partial charge in [0.25, 0.3) is 5.91 Å². The molecule has 27 heavy (non-hydrogen) atoms. The van der Waals surface area contributed by atoms with E-state index in [4.69, 9.17) is 14.3 Å². The maximum absolute atomic E-state index is 12.6. The highest BCUT2D eigenvalue weighted by molar-refractivity contribution is 5.96. The average molecular weight is 375 g/mol. The van der Waals surface area contributed by atoms with E-state index in [1.54, 1.807) is 7.11 Å². The van der Waals surface area contributed by atoms with Crippen molar-refractivity contribution in [3.63, 3.8) is 0 Å². The number of benzene rings is 1. The van der Waals surface area contributed by atoms with Gasteiger partial charge in [-0.05, 0) is 49.0 Å². The van der Waals surface area contributed by atoms with Gasteiger partial charge in [0.05, 0.1) is 20.3 Å². The standard InChI is InChI=1S/C21H29NO5/c1-14-11-21(3,4)12-18(23)20(14)27-13-19(24)22(26-6)15(2)16-7-9-17(25-5)10-8-16/h7-10,15H,11-13H2,1-6H3. The Kier molecular flexibility index (Phi) is 6.65. The number of hydroxylamine groups is 2. The molecule has 0 N–H and O–H groups in total. The molecule has 0 heterocycles. The molecule has 2 rings (SSSR count). The molecule has 0 saturated heterocycles. The Balaban J connectivity index is 2.05. The van der Waals surface area contributed by atoms with Gasteiger partial charge in [0.2, 0.25) is 0 Å². The topological polar surface area (TPSA) is 65.1 Å². The minimum atomic E-state index is -0.348. The van der Waals surface area contributed by atoms with Crippen LogP contribution >= 0.6 is 0 Å². The number of rotatable bonds is 7. The van der Waals surface area contributed by atoms with Gasteiger partial charge in [-0.2, -0.15) is 0 Å². The van der Waals surface area contributed by atoms with E-state index in [0.717, 1.165) is 23.3 Å². The van der Waals surface area contributed by atoms with Gasteiger partial charge in [-0.3, -0.25) is 14.4 Å². The SMILES string of the molecule is COc1ccc(C(C)N(OC)C(=O)COC2=C(C)CC(C)(C)CC2=O)cc1. The van der Waals surface area contributed by atoms with Crippen molar-refractivity contribution in [2.45, 2.75) is 46.6 Å². The van der Waals surface area contributed by atoms with E-state index in [1.165, 1.54) is 12.2 Å². The van der Waals surface area contributed by atoms with Crippen LogP contribution < -0.4 is 4.74 Å². The molecule has 0 aliphatic heterocycles. The Hall–Kier alpha value is -2.34. The Morgan fingerprint density at radius 3 is 2.33 bits per heavy atom. The van der Waals surface area contributed by atoms with Crippen molar-refractivity contribution < 1.29 is 23.9 Å². The summed E-state index contributed by atoms with van der Waals surface area (Å²) in [4.78, 5) is 30.2. The zero-order valence-electron chi connectivity index (χ0n) is 17.0. The van der Waals surface area contributed by atoms with Gasteiger partial charge in [0.1, 0.15) is 5.75 Å². The van der Waals surface area contributed by atoms with Crippen molar-refractivity contribution in [1.82, 2.24) is 5.06 Å². The summed E-state index contributed by atoms with van der Waals surface area (Å²) in [6, 6.07) is 7.11. The van der Waals surface area contributed by atoms with E-state index >= 15 is 0 Å². The van der Waals surface area contributed by atoms with E-state index < -0.39 is 0 Å². The van der Waals surface area contributed by atoms with E-state index in [9.17, 15) is 9.59 Å². The van der Waals surface area contributed by atoms with Crippen molar-refractivity contribution in [2.24, 2.45) is 5.41 Å². The van der Waals surface area contributed by atoms with Crippen LogP contribution in [-0.2, 0) is 19.2 Å². The fourth-order valence-electron chi connectivity index (χ4n) is 3.51. The minimum absolute atomic E-state index is 0.0521. The summed E-state index contributed by atoms with van der Waals surface area (Å²) >= 11 is 0. The molecule has 0 fully saturated rings. The van der Waals surface area contributed by atoms with E-state index in [2.05, 4.69) is 13.8 Å². The Morgan fingerprint density at radius 2 is 1.81 bits per heavy atom. The molecule has 6 nitrogen and oxygen atoms in total. The molecule has 1 aliphatic carbocycles. The maximum Gasteiger partial charge on any atom is 0.284 e. The normalized spacial score (nSPS) is 17.5. The number of hydrogen-bond acceptors (Lipinski definition) is 5. The number of hydrogen-bond donors (Lipinski definition) is 0. The minimum Gasteiger partial charge on any atom is -0.497 e. The number of ketones is 1. The number of carbonyl (C=O) groups excluding carboxylic acids is 2. The van der Waals surface area contributed by atoms with Gasteiger partial charge < -0.3 is 9.47 Å². The number of Topliss-reactive ketones (excluding diaryl/α,β-unsaturated/α-hetero) is 1. The molecule has 0 spiro atoms. The van der Waals surface area contributed by atoms with Gasteiger partial charge in [0.15, 0.2) is 18.1 Å². The first-order valence-corrected chi connectivity index (χ1v) is 9.04. The average Bonchev–Trinajstić information content (AvgIpc) is 2.60. The van der Waals surface area contributed by atoms with Crippen LogP contribution in [-0.4, -0.2) is 37.6 Å². The Morgan fingerprint density at radius 1 is 1.19 bits per heavy atom. The van der Waals surface area contributed by atoms with Crippen LogP contribution in [0.15, 0.2) is 35.6 Å². The van der Waals surface area contributed by atoms with Crippen LogP contribution in [0.1, 0.15) is 52.1 Å².